The van der Waals surface area contributed by atoms with Crippen molar-refractivity contribution in [2.75, 3.05) is 13.2 Å². The van der Waals surface area contributed by atoms with Gasteiger partial charge in [0.05, 0.1) is 25.3 Å². The Morgan fingerprint density at radius 3 is 1.00 bits per heavy atom. The monoisotopic (exact) mass is 940 g/mol. The van der Waals surface area contributed by atoms with Gasteiger partial charge in [-0.2, -0.15) is 0 Å². The van der Waals surface area contributed by atoms with E-state index in [-0.39, 0.29) is 26.1 Å². The summed E-state index contributed by atoms with van der Waals surface area (Å²) in [7, 11) is 0. The third-order valence-electron chi connectivity index (χ3n) is 10.9. The fourth-order valence-electron chi connectivity index (χ4n) is 7.05. The average molecular weight is 941 g/mol. The maximum atomic E-state index is 14.1. The molecule has 0 aromatic heterocycles. The Bertz CT molecular complexity index is 2030. The second-order valence-corrected chi connectivity index (χ2v) is 16.9. The van der Waals surface area contributed by atoms with E-state index in [4.69, 9.17) is 9.47 Å². The molecule has 8 atom stereocenters. The molecular weight excluding hydrogens is 877 g/mol. The smallest absolute Gasteiger partial charge is 0.408 e. The molecule has 4 aromatic rings. The summed E-state index contributed by atoms with van der Waals surface area (Å²) in [6.45, 7) is 4.80. The van der Waals surface area contributed by atoms with Crippen LogP contribution in [-0.4, -0.2) is 118 Å². The van der Waals surface area contributed by atoms with Crippen LogP contribution in [0.1, 0.15) is 49.9 Å². The van der Waals surface area contributed by atoms with Crippen molar-refractivity contribution in [1.29, 1.82) is 0 Å². The summed E-state index contributed by atoms with van der Waals surface area (Å²) in [5, 5.41) is 59.5. The maximum Gasteiger partial charge on any atom is 0.408 e. The number of carbonyl (C=O) groups excluding carboxylic acids is 6. The van der Waals surface area contributed by atoms with E-state index < -0.39 is 109 Å². The van der Waals surface area contributed by atoms with Crippen molar-refractivity contribution in [1.82, 2.24) is 31.9 Å². The van der Waals surface area contributed by atoms with E-state index in [2.05, 4.69) is 31.9 Å². The van der Waals surface area contributed by atoms with Crippen LogP contribution in [0.2, 0.25) is 0 Å². The van der Waals surface area contributed by atoms with Gasteiger partial charge < -0.3 is 61.8 Å². The molecule has 0 aliphatic heterocycles. The molecule has 18 nitrogen and oxygen atoms in total. The van der Waals surface area contributed by atoms with Crippen molar-refractivity contribution in [3.63, 3.8) is 0 Å². The molecule has 0 heterocycles. The van der Waals surface area contributed by atoms with E-state index in [0.717, 1.165) is 0 Å². The zero-order valence-corrected chi connectivity index (χ0v) is 38.6. The Balaban J connectivity index is 1.52. The van der Waals surface area contributed by atoms with E-state index in [1.807, 2.05) is 0 Å². The van der Waals surface area contributed by atoms with Gasteiger partial charge in [0.2, 0.25) is 23.6 Å². The minimum atomic E-state index is -1.76. The van der Waals surface area contributed by atoms with Crippen LogP contribution in [-0.2, 0) is 54.7 Å². The summed E-state index contributed by atoms with van der Waals surface area (Å²) in [6.07, 6.45) is -5.51. The molecular formula is C50H64N6O12. The highest BCUT2D eigenvalue weighted by atomic mass is 16.6. The quantitative estimate of drug-likeness (QED) is 0.0458. The van der Waals surface area contributed by atoms with Gasteiger partial charge >= 0.3 is 12.2 Å². The highest BCUT2D eigenvalue weighted by Crippen LogP contribution is 2.17. The molecule has 68 heavy (non-hydrogen) atoms. The predicted octanol–water partition coefficient (Wildman–Crippen LogP) is 2.02. The molecule has 10 N–H and O–H groups in total. The first kappa shape index (κ1) is 53.8. The lowest BCUT2D eigenvalue weighted by Gasteiger charge is -2.35. The fourth-order valence-corrected chi connectivity index (χ4v) is 7.05. The minimum Gasteiger partial charge on any atom is -0.445 e. The van der Waals surface area contributed by atoms with Crippen LogP contribution >= 0.6 is 0 Å². The molecule has 18 heteroatoms. The molecule has 0 saturated heterocycles. The highest BCUT2D eigenvalue weighted by Gasteiger charge is 2.38. The van der Waals surface area contributed by atoms with Gasteiger partial charge in [0.25, 0.3) is 0 Å². The third kappa shape index (κ3) is 17.4. The van der Waals surface area contributed by atoms with Gasteiger partial charge in [-0.3, -0.25) is 19.2 Å². The number of amides is 6. The topological polar surface area (TPSA) is 274 Å². The fraction of sp³-hybridized carbons (Fsp3) is 0.400. The second-order valence-electron chi connectivity index (χ2n) is 16.9. The molecule has 4 unspecified atom stereocenters. The number of ether oxygens (including phenoxy) is 2. The van der Waals surface area contributed by atoms with Crippen molar-refractivity contribution in [3.8, 4) is 0 Å². The molecule has 0 fully saturated rings. The van der Waals surface area contributed by atoms with Crippen LogP contribution in [0.15, 0.2) is 121 Å². The summed E-state index contributed by atoms with van der Waals surface area (Å²) in [4.78, 5) is 80.2. The van der Waals surface area contributed by atoms with Crippen molar-refractivity contribution in [2.24, 2.45) is 11.8 Å². The number of rotatable bonds is 25. The Hall–Kier alpha value is -6.86. The maximum absolute atomic E-state index is 14.1. The van der Waals surface area contributed by atoms with Gasteiger partial charge in [-0.25, -0.2) is 9.59 Å². The number of benzene rings is 4. The molecule has 6 amide bonds. The lowest BCUT2D eigenvalue weighted by Crippen LogP contribution is -2.63. The first-order valence-corrected chi connectivity index (χ1v) is 22.4. The van der Waals surface area contributed by atoms with Gasteiger partial charge in [-0.05, 0) is 46.9 Å². The number of hydrogen-bond donors (Lipinski definition) is 10. The van der Waals surface area contributed by atoms with Crippen LogP contribution < -0.4 is 31.9 Å². The van der Waals surface area contributed by atoms with E-state index in [1.54, 1.807) is 149 Å². The SMILES string of the molecule is CC(C)C(NC(=O)C(CO)NC(=O)OCc1ccccc1)C(=O)N[C@@H](Cc1ccccc1)[C@@H](O)[C@@H](O)[C@@H](Cc1ccccc1)NC(=O)C(NC(=O)C(CO)NC(=O)OCc1ccccc1)C(C)C. The molecule has 0 bridgehead atoms. The van der Waals surface area contributed by atoms with Gasteiger partial charge in [0.1, 0.15) is 49.6 Å². The normalized spacial score (nSPS) is 14.7. The molecule has 0 saturated carbocycles. The summed E-state index contributed by atoms with van der Waals surface area (Å²) in [5.41, 5.74) is 2.71. The number of aliphatic hydroxyl groups is 4. The van der Waals surface area contributed by atoms with E-state index >= 15 is 0 Å². The van der Waals surface area contributed by atoms with Crippen molar-refractivity contribution >= 4 is 35.8 Å². The standard InChI is InChI=1S/C50H64N6O12/c1-31(2)41(55-45(61)39(27-57)53-49(65)67-29-35-21-13-7-14-22-35)47(63)51-37(25-33-17-9-5-10-18-33)43(59)44(60)38(26-34-19-11-6-12-20-34)52-48(64)42(32(3)4)56-46(62)40(28-58)54-50(66)68-30-36-23-15-8-16-24-36/h5-24,31-32,37-44,57-60H,25-30H2,1-4H3,(H,51,63)(H,52,64)(H,53,65)(H,54,66)(H,55,61)(H,56,62)/t37-,38+,39?,40?,41?,42?,43+,44-. The second kappa shape index (κ2) is 27.7. The zero-order chi connectivity index (χ0) is 49.6. The molecule has 0 radical (unpaired) electrons. The summed E-state index contributed by atoms with van der Waals surface area (Å²) in [5.74, 6) is -4.41. The molecule has 366 valence electrons. The molecule has 4 aromatic carbocycles. The molecule has 4 rings (SSSR count). The zero-order valence-electron chi connectivity index (χ0n) is 38.6. The average Bonchev–Trinajstić information content (AvgIpc) is 3.34. The van der Waals surface area contributed by atoms with E-state index in [9.17, 15) is 49.2 Å². The number of nitrogens with one attached hydrogen (secondary N) is 6. The number of carbonyl (C=O) groups is 6. The van der Waals surface area contributed by atoms with Gasteiger partial charge in [0, 0.05) is 0 Å². The first-order valence-electron chi connectivity index (χ1n) is 22.4. The van der Waals surface area contributed by atoms with Crippen LogP contribution in [0.25, 0.3) is 0 Å². The van der Waals surface area contributed by atoms with Crippen molar-refractivity contribution in [2.45, 2.75) is 102 Å². The van der Waals surface area contributed by atoms with Crippen molar-refractivity contribution < 1.29 is 58.7 Å². The summed E-state index contributed by atoms with van der Waals surface area (Å²) < 4.78 is 10.4. The van der Waals surface area contributed by atoms with Gasteiger partial charge in [-0.1, -0.05) is 149 Å². The minimum absolute atomic E-state index is 0.0162. The van der Waals surface area contributed by atoms with E-state index in [1.165, 1.54) is 0 Å². The third-order valence-corrected chi connectivity index (χ3v) is 10.9. The number of alkyl carbamates (subject to hydrolysis) is 2. The lowest BCUT2D eigenvalue weighted by atomic mass is 9.90. The van der Waals surface area contributed by atoms with Gasteiger partial charge in [-0.15, -0.1) is 0 Å². The summed E-state index contributed by atoms with van der Waals surface area (Å²) >= 11 is 0. The predicted molar refractivity (Wildman–Crippen MR) is 251 cm³/mol. The van der Waals surface area contributed by atoms with Crippen LogP contribution in [0.5, 0.6) is 0 Å². The Morgan fingerprint density at radius 2 is 0.721 bits per heavy atom. The summed E-state index contributed by atoms with van der Waals surface area (Å²) in [6, 6.07) is 27.3. The largest absolute Gasteiger partial charge is 0.445 e. The van der Waals surface area contributed by atoms with Crippen molar-refractivity contribution in [3.05, 3.63) is 144 Å². The molecule has 0 aliphatic rings. The van der Waals surface area contributed by atoms with Crippen LogP contribution in [0.4, 0.5) is 9.59 Å². The number of hydrogen-bond acceptors (Lipinski definition) is 12. The van der Waals surface area contributed by atoms with Crippen LogP contribution in [0, 0.1) is 11.8 Å². The Labute approximate surface area is 396 Å². The highest BCUT2D eigenvalue weighted by molar-refractivity contribution is 5.92. The lowest BCUT2D eigenvalue weighted by molar-refractivity contribution is -0.134. The molecule has 0 aliphatic carbocycles. The first-order chi connectivity index (χ1) is 32.6. The van der Waals surface area contributed by atoms with E-state index in [0.29, 0.717) is 22.3 Å². The Kier molecular flexibility index (Phi) is 21.9. The van der Waals surface area contributed by atoms with Gasteiger partial charge in [0.15, 0.2) is 0 Å². The molecule has 0 spiro atoms. The van der Waals surface area contributed by atoms with Crippen LogP contribution in [0.3, 0.4) is 0 Å². The Morgan fingerprint density at radius 1 is 0.426 bits per heavy atom. The number of aliphatic hydroxyl groups excluding tert-OH is 4.